The molecule has 148 valence electrons. The van der Waals surface area contributed by atoms with Gasteiger partial charge in [0.1, 0.15) is 5.82 Å². The van der Waals surface area contributed by atoms with E-state index in [2.05, 4.69) is 39.8 Å². The Hall–Kier alpha value is -2.67. The number of rotatable bonds is 5. The number of amides is 1. The van der Waals surface area contributed by atoms with Crippen molar-refractivity contribution < 1.29 is 4.79 Å². The van der Waals surface area contributed by atoms with Crippen LogP contribution in [0.3, 0.4) is 0 Å². The Morgan fingerprint density at radius 3 is 2.21 bits per heavy atom. The molecular formula is C21H28N6O. The molecule has 2 saturated heterocycles. The molecule has 1 amide bonds. The molecule has 1 aromatic heterocycles. The highest BCUT2D eigenvalue weighted by atomic mass is 16.1. The van der Waals surface area contributed by atoms with Gasteiger partial charge < -0.3 is 19.6 Å². The van der Waals surface area contributed by atoms with Crippen LogP contribution in [0, 0.1) is 0 Å². The number of hydrogen-bond donors (Lipinski definition) is 0. The molecule has 0 spiro atoms. The van der Waals surface area contributed by atoms with Gasteiger partial charge in [0, 0.05) is 64.0 Å². The number of benzene rings is 1. The van der Waals surface area contributed by atoms with Crippen molar-refractivity contribution in [2.75, 3.05) is 68.7 Å². The molecule has 2 aliphatic heterocycles. The average Bonchev–Trinajstić information content (AvgIpc) is 2.79. The van der Waals surface area contributed by atoms with Gasteiger partial charge in [0.05, 0.1) is 5.69 Å². The lowest BCUT2D eigenvalue weighted by Crippen LogP contribution is -2.47. The van der Waals surface area contributed by atoms with Crippen LogP contribution in [0.1, 0.15) is 6.92 Å². The average molecular weight is 380 g/mol. The van der Waals surface area contributed by atoms with Crippen LogP contribution in [0.2, 0.25) is 0 Å². The smallest absolute Gasteiger partial charge is 0.228 e. The van der Waals surface area contributed by atoms with Crippen LogP contribution in [0.15, 0.2) is 36.4 Å². The number of piperazine rings is 2. The fraction of sp³-hybridized carbons (Fsp3) is 0.476. The van der Waals surface area contributed by atoms with E-state index in [1.165, 1.54) is 0 Å². The molecule has 0 saturated carbocycles. The summed E-state index contributed by atoms with van der Waals surface area (Å²) in [4.78, 5) is 29.7. The predicted molar refractivity (Wildman–Crippen MR) is 112 cm³/mol. The number of nitrogens with zero attached hydrogens (tertiary/aromatic N) is 6. The summed E-state index contributed by atoms with van der Waals surface area (Å²) in [5.74, 6) is 1.76. The van der Waals surface area contributed by atoms with E-state index < -0.39 is 0 Å². The molecule has 0 unspecified atom stereocenters. The summed E-state index contributed by atoms with van der Waals surface area (Å²) < 4.78 is 0. The maximum absolute atomic E-state index is 11.0. The minimum absolute atomic E-state index is 0.715. The van der Waals surface area contributed by atoms with Crippen molar-refractivity contribution in [1.82, 2.24) is 19.8 Å². The number of hydrogen-bond acceptors (Lipinski definition) is 6. The van der Waals surface area contributed by atoms with Gasteiger partial charge in [-0.2, -0.15) is 4.98 Å². The molecule has 1 aromatic carbocycles. The molecule has 2 fully saturated rings. The van der Waals surface area contributed by atoms with Crippen molar-refractivity contribution in [2.24, 2.45) is 0 Å². The van der Waals surface area contributed by atoms with Gasteiger partial charge in [-0.15, -0.1) is 0 Å². The van der Waals surface area contributed by atoms with Crippen LogP contribution in [0.4, 0.5) is 11.8 Å². The van der Waals surface area contributed by atoms with E-state index in [0.29, 0.717) is 13.1 Å². The minimum Gasteiger partial charge on any atom is -0.354 e. The zero-order valence-corrected chi connectivity index (χ0v) is 16.5. The molecule has 3 heterocycles. The molecule has 0 bridgehead atoms. The van der Waals surface area contributed by atoms with Crippen LogP contribution < -0.4 is 9.80 Å². The molecule has 2 aromatic rings. The number of aromatic nitrogens is 2. The Kier molecular flexibility index (Phi) is 5.71. The zero-order valence-electron chi connectivity index (χ0n) is 16.5. The molecule has 0 aliphatic carbocycles. The third-order valence-electron chi connectivity index (χ3n) is 5.66. The maximum Gasteiger partial charge on any atom is 0.228 e. The number of likely N-dealkylation sites (N-methyl/N-ethyl adjacent to an activating group) is 1. The zero-order chi connectivity index (χ0) is 19.3. The Balaban J connectivity index is 1.63. The number of anilines is 2. The van der Waals surface area contributed by atoms with E-state index in [4.69, 9.17) is 9.97 Å². The first-order valence-electron chi connectivity index (χ1n) is 10.1. The lowest BCUT2D eigenvalue weighted by Gasteiger charge is -2.36. The van der Waals surface area contributed by atoms with E-state index in [1.54, 1.807) is 0 Å². The summed E-state index contributed by atoms with van der Waals surface area (Å²) in [7, 11) is 0. The molecule has 4 rings (SSSR count). The standard InChI is InChI=1S/C21H28N6O/c1-2-24-8-12-26(13-9-24)20-16-19(18-6-4-3-5-7-18)22-21(23-20)27-14-10-25(17-28)11-15-27/h3-7,16-17H,2,8-15H2,1H3. The molecule has 2 aliphatic rings. The second kappa shape index (κ2) is 8.56. The van der Waals surface area contributed by atoms with E-state index in [9.17, 15) is 4.79 Å². The van der Waals surface area contributed by atoms with Crippen LogP contribution in [-0.2, 0) is 4.79 Å². The van der Waals surface area contributed by atoms with Crippen molar-refractivity contribution in [2.45, 2.75) is 6.92 Å². The summed E-state index contributed by atoms with van der Waals surface area (Å²) in [6.45, 7) is 10.4. The van der Waals surface area contributed by atoms with Gasteiger partial charge in [0.15, 0.2) is 0 Å². The van der Waals surface area contributed by atoms with Crippen molar-refractivity contribution in [3.05, 3.63) is 36.4 Å². The normalized spacial score (nSPS) is 18.4. The van der Waals surface area contributed by atoms with Crippen LogP contribution in [0.5, 0.6) is 0 Å². The third-order valence-corrected chi connectivity index (χ3v) is 5.66. The number of carbonyl (C=O) groups excluding carboxylic acids is 1. The molecule has 7 nitrogen and oxygen atoms in total. The second-order valence-electron chi connectivity index (χ2n) is 7.33. The summed E-state index contributed by atoms with van der Waals surface area (Å²) in [5.41, 5.74) is 2.06. The first kappa shape index (κ1) is 18.7. The maximum atomic E-state index is 11.0. The van der Waals surface area contributed by atoms with E-state index in [0.717, 1.165) is 75.2 Å². The van der Waals surface area contributed by atoms with Gasteiger partial charge in [-0.1, -0.05) is 37.3 Å². The van der Waals surface area contributed by atoms with E-state index in [-0.39, 0.29) is 0 Å². The topological polar surface area (TPSA) is 55.8 Å². The van der Waals surface area contributed by atoms with E-state index in [1.807, 2.05) is 23.1 Å². The van der Waals surface area contributed by atoms with Crippen molar-refractivity contribution in [3.8, 4) is 11.3 Å². The van der Waals surface area contributed by atoms with Crippen LogP contribution in [0.25, 0.3) is 11.3 Å². The number of carbonyl (C=O) groups is 1. The van der Waals surface area contributed by atoms with Crippen molar-refractivity contribution in [3.63, 3.8) is 0 Å². The van der Waals surface area contributed by atoms with Gasteiger partial charge in [-0.25, -0.2) is 4.98 Å². The minimum atomic E-state index is 0.715. The van der Waals surface area contributed by atoms with Gasteiger partial charge in [0.2, 0.25) is 12.4 Å². The lowest BCUT2D eigenvalue weighted by molar-refractivity contribution is -0.118. The predicted octanol–water partition coefficient (Wildman–Crippen LogP) is 1.56. The Morgan fingerprint density at radius 1 is 0.893 bits per heavy atom. The summed E-state index contributed by atoms with van der Waals surface area (Å²) in [5, 5.41) is 0. The third kappa shape index (κ3) is 4.09. The van der Waals surface area contributed by atoms with Crippen LogP contribution in [-0.4, -0.2) is 85.1 Å². The molecule has 0 N–H and O–H groups in total. The Bertz CT molecular complexity index is 783. The fourth-order valence-electron chi connectivity index (χ4n) is 3.80. The van der Waals surface area contributed by atoms with Crippen molar-refractivity contribution >= 4 is 18.2 Å². The van der Waals surface area contributed by atoms with Gasteiger partial charge in [-0.05, 0) is 6.54 Å². The van der Waals surface area contributed by atoms with E-state index >= 15 is 0 Å². The Morgan fingerprint density at radius 2 is 1.57 bits per heavy atom. The molecule has 7 heteroatoms. The summed E-state index contributed by atoms with van der Waals surface area (Å²) in [6, 6.07) is 12.4. The molecule has 0 radical (unpaired) electrons. The monoisotopic (exact) mass is 380 g/mol. The fourth-order valence-corrected chi connectivity index (χ4v) is 3.80. The van der Waals surface area contributed by atoms with Gasteiger partial charge in [-0.3, -0.25) is 4.79 Å². The van der Waals surface area contributed by atoms with Gasteiger partial charge in [0.25, 0.3) is 0 Å². The quantitative estimate of drug-likeness (QED) is 0.734. The van der Waals surface area contributed by atoms with Crippen molar-refractivity contribution in [1.29, 1.82) is 0 Å². The van der Waals surface area contributed by atoms with Crippen LogP contribution >= 0.6 is 0 Å². The SMILES string of the molecule is CCN1CCN(c2cc(-c3ccccc3)nc(N3CCN(C=O)CC3)n2)CC1. The summed E-state index contributed by atoms with van der Waals surface area (Å²) >= 11 is 0. The second-order valence-corrected chi connectivity index (χ2v) is 7.33. The van der Waals surface area contributed by atoms with Gasteiger partial charge >= 0.3 is 0 Å². The lowest BCUT2D eigenvalue weighted by atomic mass is 10.1. The highest BCUT2D eigenvalue weighted by Crippen LogP contribution is 2.26. The highest BCUT2D eigenvalue weighted by Gasteiger charge is 2.22. The highest BCUT2D eigenvalue weighted by molar-refractivity contribution is 5.65. The Labute approximate surface area is 166 Å². The molecule has 0 atom stereocenters. The summed E-state index contributed by atoms with van der Waals surface area (Å²) in [6.07, 6.45) is 0.928. The molecular weight excluding hydrogens is 352 g/mol. The first-order valence-corrected chi connectivity index (χ1v) is 10.1. The largest absolute Gasteiger partial charge is 0.354 e. The molecule has 28 heavy (non-hydrogen) atoms. The first-order chi connectivity index (χ1) is 13.8.